The summed E-state index contributed by atoms with van der Waals surface area (Å²) >= 11 is -0.435. The molecule has 3 unspecified atom stereocenters. The summed E-state index contributed by atoms with van der Waals surface area (Å²) in [5.74, 6) is 2.86. The summed E-state index contributed by atoms with van der Waals surface area (Å²) in [6.45, 7) is 18.5. The summed E-state index contributed by atoms with van der Waals surface area (Å²) in [7, 11) is 0.396. The van der Waals surface area contributed by atoms with Crippen molar-refractivity contribution in [1.29, 1.82) is 0 Å². The molecule has 328 valence electrons. The summed E-state index contributed by atoms with van der Waals surface area (Å²) < 4.78 is 0. The van der Waals surface area contributed by atoms with Crippen molar-refractivity contribution in [3.8, 4) is 11.5 Å². The van der Waals surface area contributed by atoms with Crippen LogP contribution in [-0.2, 0) is 48.6 Å². The van der Waals surface area contributed by atoms with Crippen LogP contribution in [0.1, 0.15) is 150 Å². The zero-order valence-electron chi connectivity index (χ0n) is 38.9. The fraction of sp³-hybridized carbons (Fsp3) is 0.379. The summed E-state index contributed by atoms with van der Waals surface area (Å²) in [6.07, 6.45) is 7.83. The normalized spacial score (nSPS) is 19.6. The molecule has 2 N–H and O–H groups in total. The van der Waals surface area contributed by atoms with Gasteiger partial charge in [-0.3, -0.25) is 0 Å². The van der Waals surface area contributed by atoms with Crippen molar-refractivity contribution in [3.05, 3.63) is 201 Å². The van der Waals surface area contributed by atoms with Gasteiger partial charge in [0.15, 0.2) is 0 Å². The predicted molar refractivity (Wildman–Crippen MR) is 268 cm³/mol. The van der Waals surface area contributed by atoms with Crippen LogP contribution in [-0.4, -0.2) is 20.7 Å². The first-order chi connectivity index (χ1) is 30.1. The van der Waals surface area contributed by atoms with E-state index in [1.807, 2.05) is 0 Å². The molecule has 1 aliphatic heterocycles. The molecule has 1 heterocycles. The van der Waals surface area contributed by atoms with Crippen molar-refractivity contribution in [3.63, 3.8) is 0 Å². The van der Waals surface area contributed by atoms with Crippen LogP contribution in [0.2, 0.25) is 0 Å². The number of aromatic hydroxyl groups is 2. The van der Waals surface area contributed by atoms with E-state index in [2.05, 4.69) is 201 Å². The molecule has 0 aromatic heterocycles. The Morgan fingerprint density at radius 1 is 0.429 bits per heavy atom. The number of hydrogen-bond donors (Lipinski definition) is 2. The van der Waals surface area contributed by atoms with Crippen LogP contribution < -0.4 is 0 Å². The van der Waals surface area contributed by atoms with E-state index in [4.69, 9.17) is 0 Å². The van der Waals surface area contributed by atoms with Crippen molar-refractivity contribution < 1.29 is 25.7 Å². The first kappa shape index (κ1) is 45.9. The van der Waals surface area contributed by atoms with Gasteiger partial charge in [-0.25, -0.2) is 0 Å². The van der Waals surface area contributed by atoms with E-state index in [1.165, 1.54) is 71.9 Å². The van der Waals surface area contributed by atoms with Gasteiger partial charge in [0.25, 0.3) is 0 Å². The van der Waals surface area contributed by atoms with Crippen LogP contribution in [0.3, 0.4) is 0 Å². The Kier molecular flexibility index (Phi) is 13.6. The molecule has 1 saturated carbocycles. The Morgan fingerprint density at radius 2 is 0.730 bits per heavy atom. The van der Waals surface area contributed by atoms with Crippen LogP contribution in [0.5, 0.6) is 11.5 Å². The van der Waals surface area contributed by atoms with E-state index in [0.29, 0.717) is 22.0 Å². The molecule has 2 nitrogen and oxygen atoms in total. The Morgan fingerprint density at radius 3 is 1.02 bits per heavy atom. The molecule has 0 saturated heterocycles. The third-order valence-corrected chi connectivity index (χ3v) is 30.2. The van der Waals surface area contributed by atoms with Gasteiger partial charge in [0.05, 0.1) is 0 Å². The van der Waals surface area contributed by atoms with Gasteiger partial charge in [-0.15, -0.1) is 0 Å². The van der Waals surface area contributed by atoms with Gasteiger partial charge in [-0.05, 0) is 0 Å². The topological polar surface area (TPSA) is 40.5 Å². The molecule has 63 heavy (non-hydrogen) atoms. The van der Waals surface area contributed by atoms with Crippen molar-refractivity contribution >= 4 is 15.9 Å². The van der Waals surface area contributed by atoms with Crippen LogP contribution in [0, 0.1) is 0 Å². The fourth-order valence-corrected chi connectivity index (χ4v) is 31.0. The number of phenolic OH excluding ortho intramolecular Hbond substituents is 2. The molecule has 0 radical (unpaired) electrons. The Labute approximate surface area is 389 Å². The quantitative estimate of drug-likeness (QED) is 0.106. The summed E-state index contributed by atoms with van der Waals surface area (Å²) in [5, 5.41) is 27.0. The van der Waals surface area contributed by atoms with Gasteiger partial charge in [0, 0.05) is 0 Å². The van der Waals surface area contributed by atoms with Gasteiger partial charge in [0.1, 0.15) is 0 Å². The SMILES string of the molecule is CC(C)(C)c1cc(C[S]2=[Ti]=[S](Cc3cc(C(C)(C)C)cc(C(C)(c4ccccc4)c4ccccc4)c3O)[C@H]3CCCCCCC32)c(O)c(C(C)(c2ccccc2)c2ccccc2)c1. The van der Waals surface area contributed by atoms with Crippen LogP contribution >= 0.6 is 15.9 Å². The molecular weight excluding hydrogens is 841 g/mol. The molecule has 1 fully saturated rings. The van der Waals surface area contributed by atoms with Gasteiger partial charge < -0.3 is 0 Å². The van der Waals surface area contributed by atoms with Crippen molar-refractivity contribution in [1.82, 2.24) is 0 Å². The van der Waals surface area contributed by atoms with E-state index in [1.54, 1.807) is 0 Å². The molecule has 8 rings (SSSR count). The van der Waals surface area contributed by atoms with Crippen molar-refractivity contribution in [2.45, 2.75) is 138 Å². The molecule has 1 aliphatic carbocycles. The third kappa shape index (κ3) is 9.27. The van der Waals surface area contributed by atoms with Crippen LogP contribution in [0.4, 0.5) is 0 Å². The first-order valence-electron chi connectivity index (χ1n) is 23.2. The standard InChI is InChI=1S/C58H68O2S2.Ti/c1-55(2,3)47-35-41(53(59)49(37-47)57(7,43-25-15-11-16-26-43)44-27-17-12-18-28-44)39-61-51-33-23-9-10-24-34-52(51)62-40-42-36-48(56(4,5)6)38-50(54(42)60)58(8,45-29-19-13-20-30-45)46-31-21-14-22-32-46;/h11-22,25-32,35-38,51-52,59-60H,9-10,23-24,33-34,39-40H2,1-8H3;/t51-,52?;/m0./s1. The number of phenols is 2. The first-order valence-corrected chi connectivity index (χ1v) is 30.0. The van der Waals surface area contributed by atoms with Crippen LogP contribution in [0.15, 0.2) is 146 Å². The van der Waals surface area contributed by atoms with Crippen molar-refractivity contribution in [2.75, 3.05) is 0 Å². The van der Waals surface area contributed by atoms with E-state index in [9.17, 15) is 10.2 Å². The molecule has 0 spiro atoms. The molecule has 5 heteroatoms. The van der Waals surface area contributed by atoms with Crippen molar-refractivity contribution in [2.24, 2.45) is 0 Å². The molecule has 4 atom stereocenters. The molecule has 0 amide bonds. The van der Waals surface area contributed by atoms with Gasteiger partial charge in [0.2, 0.25) is 0 Å². The minimum atomic E-state index is -0.536. The Hall–Kier alpha value is -3.67. The van der Waals surface area contributed by atoms with E-state index in [0.717, 1.165) is 33.8 Å². The zero-order chi connectivity index (χ0) is 44.6. The summed E-state index contributed by atoms with van der Waals surface area (Å²) in [5.41, 5.74) is 10.4. The van der Waals surface area contributed by atoms with Gasteiger partial charge in [-0.1, -0.05) is 0 Å². The molecule has 6 aromatic carbocycles. The third-order valence-electron chi connectivity index (χ3n) is 14.3. The number of benzene rings is 6. The number of hydrogen-bond acceptors (Lipinski definition) is 2. The monoisotopic (exact) mass is 908 g/mol. The van der Waals surface area contributed by atoms with E-state index >= 15 is 0 Å². The average molecular weight is 909 g/mol. The molecule has 0 bridgehead atoms. The summed E-state index contributed by atoms with van der Waals surface area (Å²) in [4.78, 5) is 0. The van der Waals surface area contributed by atoms with E-state index < -0.39 is 26.3 Å². The number of fused-ring (bicyclic) bond motifs is 1. The summed E-state index contributed by atoms with van der Waals surface area (Å²) in [6, 6.07) is 52.6. The predicted octanol–water partition coefficient (Wildman–Crippen LogP) is 15.7. The second kappa shape index (κ2) is 18.7. The molecule has 2 aliphatic rings. The second-order valence-electron chi connectivity index (χ2n) is 20.6. The minimum absolute atomic E-state index is 0.0884. The van der Waals surface area contributed by atoms with Gasteiger partial charge in [-0.2, -0.15) is 0 Å². The Balaban J connectivity index is 1.29. The maximum absolute atomic E-state index is 12.8. The maximum atomic E-state index is 12.8. The number of rotatable bonds is 10. The molecular formula is C58H68O2S2Ti. The van der Waals surface area contributed by atoms with Gasteiger partial charge >= 0.3 is 392 Å². The Bertz CT molecular complexity index is 2360. The molecule has 6 aromatic rings. The average Bonchev–Trinajstić information content (AvgIpc) is 3.57. The second-order valence-corrected chi connectivity index (χ2v) is 32.0. The van der Waals surface area contributed by atoms with E-state index in [-0.39, 0.29) is 26.8 Å². The fourth-order valence-electron chi connectivity index (χ4n) is 10.2. The zero-order valence-corrected chi connectivity index (χ0v) is 42.1. The van der Waals surface area contributed by atoms with Crippen LogP contribution in [0.25, 0.3) is 0 Å².